The number of carbonyl (C=O) groups is 1. The maximum atomic E-state index is 12.4. The SMILES string of the molecule is Cc1ccc(C2CNCCN2C(=O)OC(C)(C)C)cc1Cl. The third-order valence-electron chi connectivity index (χ3n) is 3.45. The lowest BCUT2D eigenvalue weighted by Gasteiger charge is -2.37. The number of rotatable bonds is 1. The van der Waals surface area contributed by atoms with Crippen LogP contribution in [0, 0.1) is 6.92 Å². The van der Waals surface area contributed by atoms with Gasteiger partial charge in [-0.15, -0.1) is 0 Å². The molecule has 1 aromatic rings. The highest BCUT2D eigenvalue weighted by atomic mass is 35.5. The normalized spacial score (nSPS) is 19.5. The lowest BCUT2D eigenvalue weighted by atomic mass is 10.0. The van der Waals surface area contributed by atoms with Gasteiger partial charge in [0.25, 0.3) is 0 Å². The van der Waals surface area contributed by atoms with E-state index in [1.54, 1.807) is 4.90 Å². The van der Waals surface area contributed by atoms with E-state index >= 15 is 0 Å². The molecule has 1 amide bonds. The molecule has 5 heteroatoms. The van der Waals surface area contributed by atoms with Gasteiger partial charge in [-0.1, -0.05) is 23.7 Å². The van der Waals surface area contributed by atoms with Gasteiger partial charge in [-0.2, -0.15) is 0 Å². The van der Waals surface area contributed by atoms with Crippen molar-refractivity contribution < 1.29 is 9.53 Å². The molecule has 0 aromatic heterocycles. The van der Waals surface area contributed by atoms with Crippen molar-refractivity contribution in [2.45, 2.75) is 39.3 Å². The molecule has 1 unspecified atom stereocenters. The Labute approximate surface area is 131 Å². The van der Waals surface area contributed by atoms with Crippen LogP contribution in [0.25, 0.3) is 0 Å². The Kier molecular flexibility index (Phi) is 4.79. The van der Waals surface area contributed by atoms with Gasteiger partial charge in [-0.3, -0.25) is 4.90 Å². The van der Waals surface area contributed by atoms with Crippen LogP contribution in [-0.2, 0) is 4.74 Å². The number of ether oxygens (including phenoxy) is 1. The summed E-state index contributed by atoms with van der Waals surface area (Å²) in [5.74, 6) is 0. The third-order valence-corrected chi connectivity index (χ3v) is 3.86. The summed E-state index contributed by atoms with van der Waals surface area (Å²) in [6.45, 7) is 9.72. The summed E-state index contributed by atoms with van der Waals surface area (Å²) in [7, 11) is 0. The quantitative estimate of drug-likeness (QED) is 0.863. The third kappa shape index (κ3) is 4.11. The van der Waals surface area contributed by atoms with Crippen molar-refractivity contribution >= 4 is 17.7 Å². The molecule has 0 saturated carbocycles. The monoisotopic (exact) mass is 310 g/mol. The van der Waals surface area contributed by atoms with Gasteiger partial charge in [-0.05, 0) is 44.9 Å². The van der Waals surface area contributed by atoms with E-state index in [0.717, 1.165) is 22.7 Å². The van der Waals surface area contributed by atoms with Gasteiger partial charge in [0.2, 0.25) is 0 Å². The number of piperazine rings is 1. The van der Waals surface area contributed by atoms with Gasteiger partial charge < -0.3 is 10.1 Å². The number of halogens is 1. The minimum atomic E-state index is -0.489. The van der Waals surface area contributed by atoms with Crippen LogP contribution in [0.1, 0.15) is 37.9 Å². The van der Waals surface area contributed by atoms with Crippen molar-refractivity contribution in [2.75, 3.05) is 19.6 Å². The van der Waals surface area contributed by atoms with Crippen LogP contribution in [0.2, 0.25) is 5.02 Å². The maximum Gasteiger partial charge on any atom is 0.410 e. The molecule has 1 aliphatic heterocycles. The molecule has 1 N–H and O–H groups in total. The van der Waals surface area contributed by atoms with Crippen molar-refractivity contribution in [3.05, 3.63) is 34.3 Å². The number of amides is 1. The molecule has 0 bridgehead atoms. The molecule has 2 rings (SSSR count). The predicted octanol–water partition coefficient (Wildman–Crippen LogP) is 3.53. The Morgan fingerprint density at radius 1 is 1.43 bits per heavy atom. The highest BCUT2D eigenvalue weighted by molar-refractivity contribution is 6.31. The Morgan fingerprint density at radius 3 is 2.76 bits per heavy atom. The van der Waals surface area contributed by atoms with E-state index in [9.17, 15) is 4.79 Å². The van der Waals surface area contributed by atoms with Crippen molar-refractivity contribution in [1.29, 1.82) is 0 Å². The summed E-state index contributed by atoms with van der Waals surface area (Å²) < 4.78 is 5.51. The van der Waals surface area contributed by atoms with Crippen LogP contribution in [0.15, 0.2) is 18.2 Å². The Bertz CT molecular complexity index is 525. The number of aryl methyl sites for hydroxylation is 1. The second kappa shape index (κ2) is 6.24. The molecule has 0 spiro atoms. The van der Waals surface area contributed by atoms with E-state index in [-0.39, 0.29) is 12.1 Å². The van der Waals surface area contributed by atoms with Crippen LogP contribution < -0.4 is 5.32 Å². The molecule has 0 radical (unpaired) electrons. The zero-order valence-electron chi connectivity index (χ0n) is 13.1. The zero-order valence-corrected chi connectivity index (χ0v) is 13.8. The zero-order chi connectivity index (χ0) is 15.6. The van der Waals surface area contributed by atoms with Crippen LogP contribution >= 0.6 is 11.6 Å². The second-order valence-electron chi connectivity index (χ2n) is 6.40. The van der Waals surface area contributed by atoms with Gasteiger partial charge in [-0.25, -0.2) is 4.79 Å². The second-order valence-corrected chi connectivity index (χ2v) is 6.81. The standard InChI is InChI=1S/C16H23ClN2O2/c1-11-5-6-12(9-13(11)17)14-10-18-7-8-19(14)15(20)21-16(2,3)4/h5-6,9,14,18H,7-8,10H2,1-4H3. The van der Waals surface area contributed by atoms with Gasteiger partial charge in [0.05, 0.1) is 6.04 Å². The molecule has 0 aliphatic carbocycles. The first kappa shape index (κ1) is 16.1. The van der Waals surface area contributed by atoms with Crippen molar-refractivity contribution in [2.24, 2.45) is 0 Å². The lowest BCUT2D eigenvalue weighted by Crippen LogP contribution is -2.50. The highest BCUT2D eigenvalue weighted by Crippen LogP contribution is 2.27. The Hall–Kier alpha value is -1.26. The topological polar surface area (TPSA) is 41.6 Å². The average Bonchev–Trinajstić information content (AvgIpc) is 2.40. The molecule has 1 fully saturated rings. The van der Waals surface area contributed by atoms with Gasteiger partial charge >= 0.3 is 6.09 Å². The molecule has 116 valence electrons. The van der Waals surface area contributed by atoms with E-state index < -0.39 is 5.60 Å². The van der Waals surface area contributed by atoms with E-state index in [4.69, 9.17) is 16.3 Å². The van der Waals surface area contributed by atoms with E-state index in [0.29, 0.717) is 13.1 Å². The molecule has 1 aliphatic rings. The number of nitrogens with zero attached hydrogens (tertiary/aromatic N) is 1. The van der Waals surface area contributed by atoms with Crippen molar-refractivity contribution in [3.63, 3.8) is 0 Å². The number of hydrogen-bond donors (Lipinski definition) is 1. The Morgan fingerprint density at radius 2 is 2.14 bits per heavy atom. The maximum absolute atomic E-state index is 12.4. The summed E-state index contributed by atoms with van der Waals surface area (Å²) in [6.07, 6.45) is -0.273. The molecule has 1 aromatic carbocycles. The van der Waals surface area contributed by atoms with Gasteiger partial charge in [0, 0.05) is 24.7 Å². The van der Waals surface area contributed by atoms with Crippen LogP contribution in [0.5, 0.6) is 0 Å². The first-order valence-electron chi connectivity index (χ1n) is 7.24. The fourth-order valence-corrected chi connectivity index (χ4v) is 2.55. The first-order chi connectivity index (χ1) is 9.78. The lowest BCUT2D eigenvalue weighted by molar-refractivity contribution is 0.0118. The van der Waals surface area contributed by atoms with Gasteiger partial charge in [0.1, 0.15) is 5.60 Å². The molecule has 1 saturated heterocycles. The molecular formula is C16H23ClN2O2. The smallest absolute Gasteiger partial charge is 0.410 e. The number of nitrogens with one attached hydrogen (secondary N) is 1. The molecular weight excluding hydrogens is 288 g/mol. The summed E-state index contributed by atoms with van der Waals surface area (Å²) >= 11 is 6.21. The largest absolute Gasteiger partial charge is 0.444 e. The molecule has 21 heavy (non-hydrogen) atoms. The summed E-state index contributed by atoms with van der Waals surface area (Å²) in [5.41, 5.74) is 1.58. The average molecular weight is 311 g/mol. The van der Waals surface area contributed by atoms with E-state index in [1.165, 1.54) is 0 Å². The molecule has 1 atom stereocenters. The summed E-state index contributed by atoms with van der Waals surface area (Å²) in [5, 5.41) is 4.05. The van der Waals surface area contributed by atoms with Crippen molar-refractivity contribution in [1.82, 2.24) is 10.2 Å². The van der Waals surface area contributed by atoms with Gasteiger partial charge in [0.15, 0.2) is 0 Å². The first-order valence-corrected chi connectivity index (χ1v) is 7.62. The Balaban J connectivity index is 2.22. The van der Waals surface area contributed by atoms with Crippen molar-refractivity contribution in [3.8, 4) is 0 Å². The number of benzene rings is 1. The fourth-order valence-electron chi connectivity index (χ4n) is 2.36. The van der Waals surface area contributed by atoms with E-state index in [2.05, 4.69) is 5.32 Å². The summed E-state index contributed by atoms with van der Waals surface area (Å²) in [4.78, 5) is 14.2. The minimum Gasteiger partial charge on any atom is -0.444 e. The highest BCUT2D eigenvalue weighted by Gasteiger charge is 2.31. The van der Waals surface area contributed by atoms with E-state index in [1.807, 2.05) is 45.9 Å². The number of carbonyl (C=O) groups excluding carboxylic acids is 1. The molecule has 4 nitrogen and oxygen atoms in total. The molecule has 1 heterocycles. The summed E-state index contributed by atoms with van der Waals surface area (Å²) in [6, 6.07) is 5.90. The minimum absolute atomic E-state index is 0.0494. The van der Waals surface area contributed by atoms with Crippen LogP contribution in [-0.4, -0.2) is 36.2 Å². The number of hydrogen-bond acceptors (Lipinski definition) is 3. The van der Waals surface area contributed by atoms with Crippen LogP contribution in [0.4, 0.5) is 4.79 Å². The van der Waals surface area contributed by atoms with Crippen LogP contribution in [0.3, 0.4) is 0 Å². The fraction of sp³-hybridized carbons (Fsp3) is 0.562. The predicted molar refractivity (Wildman–Crippen MR) is 84.7 cm³/mol.